The van der Waals surface area contributed by atoms with E-state index >= 15 is 0 Å². The number of hydrogen-bond donors (Lipinski definition) is 0. The van der Waals surface area contributed by atoms with Crippen molar-refractivity contribution in [2.24, 2.45) is 0 Å². The van der Waals surface area contributed by atoms with Crippen LogP contribution in [-0.4, -0.2) is 29.2 Å². The fourth-order valence-corrected chi connectivity index (χ4v) is 0.325. The van der Waals surface area contributed by atoms with E-state index in [9.17, 15) is 14.0 Å². The largest absolute Gasteiger partial charge is 0.412 e. The molecular formula is C5H11FO4. The van der Waals surface area contributed by atoms with Crippen molar-refractivity contribution in [3.63, 3.8) is 0 Å². The van der Waals surface area contributed by atoms with E-state index < -0.39 is 12.5 Å². The second-order valence-corrected chi connectivity index (χ2v) is 1.55. The summed E-state index contributed by atoms with van der Waals surface area (Å²) >= 11 is 0. The van der Waals surface area contributed by atoms with Gasteiger partial charge in [0.25, 0.3) is 0 Å². The highest BCUT2D eigenvalue weighted by Gasteiger charge is 2.02. The first-order valence-corrected chi connectivity index (χ1v) is 2.24. The van der Waals surface area contributed by atoms with Crippen LogP contribution in [0.4, 0.5) is 4.39 Å². The number of hydrogen-bond acceptors (Lipinski definition) is 2. The Hall–Kier alpha value is -0.810. The minimum atomic E-state index is -1.03. The summed E-state index contributed by atoms with van der Waals surface area (Å²) in [7, 11) is 0. The van der Waals surface area contributed by atoms with Gasteiger partial charge in [-0.05, 0) is 6.92 Å². The lowest BCUT2D eigenvalue weighted by Crippen LogP contribution is -2.05. The van der Waals surface area contributed by atoms with Crippen molar-refractivity contribution in [2.75, 3.05) is 6.67 Å². The van der Waals surface area contributed by atoms with E-state index in [0.717, 1.165) is 0 Å². The SMILES string of the molecule is CC(=O)CC(=O)CF.O.O. The first kappa shape index (κ1) is 16.1. The molecule has 0 saturated heterocycles. The predicted molar refractivity (Wildman–Crippen MR) is 33.5 cm³/mol. The molecule has 4 N–H and O–H groups in total. The quantitative estimate of drug-likeness (QED) is 0.480. The van der Waals surface area contributed by atoms with Crippen LogP contribution >= 0.6 is 0 Å². The Labute approximate surface area is 57.6 Å². The first-order valence-electron chi connectivity index (χ1n) is 2.24. The third kappa shape index (κ3) is 10.2. The van der Waals surface area contributed by atoms with Crippen LogP contribution in [0.15, 0.2) is 0 Å². The summed E-state index contributed by atoms with van der Waals surface area (Å²) in [5, 5.41) is 0. The summed E-state index contributed by atoms with van der Waals surface area (Å²) in [6.07, 6.45) is -0.267. The highest BCUT2D eigenvalue weighted by atomic mass is 19.1. The molecule has 0 aromatic carbocycles. The number of carbonyl (C=O) groups is 2. The van der Waals surface area contributed by atoms with Crippen molar-refractivity contribution in [2.45, 2.75) is 13.3 Å². The van der Waals surface area contributed by atoms with Gasteiger partial charge in [-0.1, -0.05) is 0 Å². The second kappa shape index (κ2) is 8.19. The molecule has 0 radical (unpaired) electrons. The van der Waals surface area contributed by atoms with Gasteiger partial charge in [0.05, 0.1) is 6.42 Å². The van der Waals surface area contributed by atoms with Crippen LogP contribution < -0.4 is 0 Å². The third-order valence-electron chi connectivity index (χ3n) is 0.595. The Kier molecular flexibility index (Phi) is 13.2. The Morgan fingerprint density at radius 1 is 1.30 bits per heavy atom. The van der Waals surface area contributed by atoms with Gasteiger partial charge in [0.15, 0.2) is 5.78 Å². The van der Waals surface area contributed by atoms with Crippen LogP contribution in [0.2, 0.25) is 0 Å². The van der Waals surface area contributed by atoms with Gasteiger partial charge in [0.1, 0.15) is 12.5 Å². The molecule has 0 saturated carbocycles. The summed E-state index contributed by atoms with van der Waals surface area (Å²) < 4.78 is 11.2. The molecular weight excluding hydrogens is 143 g/mol. The molecule has 0 aromatic rings. The van der Waals surface area contributed by atoms with Crippen molar-refractivity contribution in [1.29, 1.82) is 0 Å². The van der Waals surface area contributed by atoms with Crippen molar-refractivity contribution in [3.05, 3.63) is 0 Å². The summed E-state index contributed by atoms with van der Waals surface area (Å²) in [6.45, 7) is 0.229. The van der Waals surface area contributed by atoms with Crippen LogP contribution in [0, 0.1) is 0 Å². The second-order valence-electron chi connectivity index (χ2n) is 1.55. The van der Waals surface area contributed by atoms with Gasteiger partial charge in [0.2, 0.25) is 0 Å². The van der Waals surface area contributed by atoms with Crippen LogP contribution in [-0.2, 0) is 9.59 Å². The van der Waals surface area contributed by atoms with E-state index in [4.69, 9.17) is 0 Å². The van der Waals surface area contributed by atoms with Crippen molar-refractivity contribution < 1.29 is 24.9 Å². The summed E-state index contributed by atoms with van der Waals surface area (Å²) in [5.41, 5.74) is 0. The molecule has 0 unspecified atom stereocenters. The average Bonchev–Trinajstić information content (AvgIpc) is 1.65. The maximum absolute atomic E-state index is 11.2. The number of ketones is 2. The molecule has 0 heterocycles. The van der Waals surface area contributed by atoms with E-state index in [0.29, 0.717) is 0 Å². The molecule has 0 aliphatic heterocycles. The molecule has 0 fully saturated rings. The molecule has 10 heavy (non-hydrogen) atoms. The summed E-state index contributed by atoms with van der Waals surface area (Å²) in [4.78, 5) is 20.1. The molecule has 5 heteroatoms. The lowest BCUT2D eigenvalue weighted by atomic mass is 10.2. The Balaban J connectivity index is -0.000000245. The number of Topliss-reactive ketones (excluding diaryl/α,β-unsaturated/α-hetero) is 2. The molecule has 0 aliphatic rings. The fourth-order valence-electron chi connectivity index (χ4n) is 0.325. The fraction of sp³-hybridized carbons (Fsp3) is 0.600. The predicted octanol–water partition coefficient (Wildman–Crippen LogP) is -1.15. The van der Waals surface area contributed by atoms with Gasteiger partial charge in [-0.25, -0.2) is 4.39 Å². The normalized spacial score (nSPS) is 7.00. The minimum absolute atomic E-state index is 0. The van der Waals surface area contributed by atoms with Crippen LogP contribution in [0.1, 0.15) is 13.3 Å². The maximum atomic E-state index is 11.2. The highest BCUT2D eigenvalue weighted by molar-refractivity contribution is 5.98. The Morgan fingerprint density at radius 3 is 1.80 bits per heavy atom. The zero-order chi connectivity index (χ0) is 6.57. The standard InChI is InChI=1S/C5H7FO2.2H2O/c1-4(7)2-5(8)3-6;;/h2-3H2,1H3;2*1H2. The lowest BCUT2D eigenvalue weighted by molar-refractivity contribution is -0.126. The minimum Gasteiger partial charge on any atom is -0.412 e. The van der Waals surface area contributed by atoms with E-state index in [-0.39, 0.29) is 23.2 Å². The Bertz CT molecular complexity index is 112. The third-order valence-corrected chi connectivity index (χ3v) is 0.595. The number of halogens is 1. The van der Waals surface area contributed by atoms with Gasteiger partial charge < -0.3 is 11.0 Å². The average molecular weight is 154 g/mol. The van der Waals surface area contributed by atoms with Crippen LogP contribution in [0.5, 0.6) is 0 Å². The molecule has 4 nitrogen and oxygen atoms in total. The highest BCUT2D eigenvalue weighted by Crippen LogP contribution is 1.84. The first-order chi connectivity index (χ1) is 3.66. The van der Waals surface area contributed by atoms with Crippen LogP contribution in [0.3, 0.4) is 0 Å². The Morgan fingerprint density at radius 2 is 1.70 bits per heavy atom. The maximum Gasteiger partial charge on any atom is 0.171 e. The smallest absolute Gasteiger partial charge is 0.171 e. The zero-order valence-corrected chi connectivity index (χ0v) is 5.61. The van der Waals surface area contributed by atoms with E-state index in [1.807, 2.05) is 0 Å². The number of carbonyl (C=O) groups excluding carboxylic acids is 2. The van der Waals surface area contributed by atoms with E-state index in [1.54, 1.807) is 0 Å². The van der Waals surface area contributed by atoms with Gasteiger partial charge in [-0.3, -0.25) is 9.59 Å². The van der Waals surface area contributed by atoms with Gasteiger partial charge in [-0.2, -0.15) is 0 Å². The molecule has 62 valence electrons. The molecule has 0 aromatic heterocycles. The summed E-state index contributed by atoms with van der Waals surface area (Å²) in [6, 6.07) is 0. The molecule has 0 aliphatic carbocycles. The summed E-state index contributed by atoms with van der Waals surface area (Å²) in [5.74, 6) is -0.926. The van der Waals surface area contributed by atoms with Crippen LogP contribution in [0.25, 0.3) is 0 Å². The van der Waals surface area contributed by atoms with Gasteiger partial charge >= 0.3 is 0 Å². The monoisotopic (exact) mass is 154 g/mol. The van der Waals surface area contributed by atoms with Gasteiger partial charge in [-0.15, -0.1) is 0 Å². The van der Waals surface area contributed by atoms with Crippen molar-refractivity contribution in [1.82, 2.24) is 0 Å². The van der Waals surface area contributed by atoms with Crippen molar-refractivity contribution >= 4 is 11.6 Å². The molecule has 0 spiro atoms. The molecule has 0 rings (SSSR count). The van der Waals surface area contributed by atoms with E-state index in [2.05, 4.69) is 0 Å². The molecule has 0 amide bonds. The van der Waals surface area contributed by atoms with E-state index in [1.165, 1.54) is 6.92 Å². The van der Waals surface area contributed by atoms with Crippen molar-refractivity contribution in [3.8, 4) is 0 Å². The lowest BCUT2D eigenvalue weighted by Gasteiger charge is -1.85. The number of rotatable bonds is 3. The molecule has 0 atom stereocenters. The molecule has 0 bridgehead atoms. The zero-order valence-electron chi connectivity index (χ0n) is 5.61. The van der Waals surface area contributed by atoms with Gasteiger partial charge in [0, 0.05) is 0 Å². The topological polar surface area (TPSA) is 97.1 Å². The number of alkyl halides is 1.